The van der Waals surface area contributed by atoms with Gasteiger partial charge in [-0.2, -0.15) is 0 Å². The van der Waals surface area contributed by atoms with Crippen LogP contribution in [0.2, 0.25) is 0 Å². The number of aromatic hydroxyl groups is 1. The Bertz CT molecular complexity index is 875. The molecule has 1 atom stereocenters. The fraction of sp³-hybridized carbons (Fsp3) is 0.150. The highest BCUT2D eigenvalue weighted by Crippen LogP contribution is 2.36. The lowest BCUT2D eigenvalue weighted by Crippen LogP contribution is -2.09. The van der Waals surface area contributed by atoms with E-state index in [1.807, 2.05) is 55.5 Å². The number of hydrogen-bond donors (Lipinski definition) is 2. The van der Waals surface area contributed by atoms with E-state index < -0.39 is 0 Å². The van der Waals surface area contributed by atoms with E-state index in [0.717, 1.165) is 21.9 Å². The van der Waals surface area contributed by atoms with Crippen molar-refractivity contribution < 1.29 is 14.9 Å². The molecule has 0 aliphatic rings. The van der Waals surface area contributed by atoms with Crippen molar-refractivity contribution in [2.45, 2.75) is 19.4 Å². The summed E-state index contributed by atoms with van der Waals surface area (Å²) in [4.78, 5) is 0. The zero-order chi connectivity index (χ0) is 17.1. The maximum atomic E-state index is 9.84. The third-order valence-corrected chi connectivity index (χ3v) is 4.40. The molecule has 0 amide bonds. The van der Waals surface area contributed by atoms with Crippen molar-refractivity contribution in [1.82, 2.24) is 0 Å². The number of fused-ring (bicyclic) bond motifs is 1. The number of phenolic OH excluding ortho intramolecular Hbond substituents is 1. The summed E-state index contributed by atoms with van der Waals surface area (Å²) in [6.45, 7) is 2.25. The molecule has 1 unspecified atom stereocenters. The maximum absolute atomic E-state index is 9.84. The predicted molar refractivity (Wildman–Crippen MR) is 100 cm³/mol. The lowest BCUT2D eigenvalue weighted by molar-refractivity contribution is 0.303. The molecule has 0 fully saturated rings. The summed E-state index contributed by atoms with van der Waals surface area (Å²) < 4.78 is 5.99. The number of aliphatic hydroxyl groups is 1. The number of thiocarbonyl (C=S) groups is 1. The largest absolute Gasteiger partial charge is 0.508 e. The van der Waals surface area contributed by atoms with Crippen LogP contribution in [0.1, 0.15) is 24.0 Å². The van der Waals surface area contributed by atoms with Crippen LogP contribution in [0.4, 0.5) is 0 Å². The molecule has 4 heteroatoms. The SMILES string of the molecule is CC(C(O)=S)c1c(OCc2ccccc2)ccc2ccc(O)cc12. The van der Waals surface area contributed by atoms with E-state index >= 15 is 0 Å². The predicted octanol–water partition coefficient (Wildman–Crippen LogP) is 5.11. The fourth-order valence-corrected chi connectivity index (χ4v) is 2.86. The van der Waals surface area contributed by atoms with Gasteiger partial charge in [0, 0.05) is 5.56 Å². The highest BCUT2D eigenvalue weighted by atomic mass is 32.1. The Hall–Kier alpha value is -2.59. The summed E-state index contributed by atoms with van der Waals surface area (Å²) in [5, 5.41) is 21.3. The van der Waals surface area contributed by atoms with Gasteiger partial charge in [0.05, 0.1) is 5.92 Å². The van der Waals surface area contributed by atoms with Crippen LogP contribution in [0.3, 0.4) is 0 Å². The molecule has 24 heavy (non-hydrogen) atoms. The molecule has 3 nitrogen and oxygen atoms in total. The van der Waals surface area contributed by atoms with Crippen molar-refractivity contribution in [3.8, 4) is 11.5 Å². The first-order valence-corrected chi connectivity index (χ1v) is 8.12. The molecule has 0 saturated heterocycles. The molecule has 2 N–H and O–H groups in total. The van der Waals surface area contributed by atoms with Gasteiger partial charge in [-0.3, -0.25) is 0 Å². The summed E-state index contributed by atoms with van der Waals surface area (Å²) in [6, 6.07) is 18.8. The van der Waals surface area contributed by atoms with Gasteiger partial charge in [0.25, 0.3) is 0 Å². The van der Waals surface area contributed by atoms with Crippen molar-refractivity contribution in [3.63, 3.8) is 0 Å². The summed E-state index contributed by atoms with van der Waals surface area (Å²) in [7, 11) is 0. The lowest BCUT2D eigenvalue weighted by Gasteiger charge is -2.18. The van der Waals surface area contributed by atoms with E-state index in [4.69, 9.17) is 17.0 Å². The molecule has 122 valence electrons. The smallest absolute Gasteiger partial charge is 0.164 e. The first kappa shape index (κ1) is 16.3. The number of hydrogen-bond acceptors (Lipinski definition) is 3. The molecule has 0 bridgehead atoms. The van der Waals surface area contributed by atoms with Crippen LogP contribution >= 0.6 is 12.2 Å². The Morgan fingerprint density at radius 2 is 1.79 bits per heavy atom. The quantitative estimate of drug-likeness (QED) is 0.635. The molecule has 3 aromatic carbocycles. The van der Waals surface area contributed by atoms with E-state index in [1.54, 1.807) is 12.1 Å². The highest BCUT2D eigenvalue weighted by Gasteiger charge is 2.19. The van der Waals surface area contributed by atoms with Crippen LogP contribution in [-0.2, 0) is 6.61 Å². The van der Waals surface area contributed by atoms with Crippen molar-refractivity contribution >= 4 is 28.0 Å². The zero-order valence-electron chi connectivity index (χ0n) is 13.3. The molecule has 3 rings (SSSR count). The Kier molecular flexibility index (Phi) is 4.67. The molecule has 0 aliphatic carbocycles. The van der Waals surface area contributed by atoms with Gasteiger partial charge in [0.15, 0.2) is 5.05 Å². The molecule has 0 radical (unpaired) electrons. The van der Waals surface area contributed by atoms with E-state index in [9.17, 15) is 10.2 Å². The van der Waals surface area contributed by atoms with Crippen LogP contribution in [0.25, 0.3) is 10.8 Å². The summed E-state index contributed by atoms with van der Waals surface area (Å²) in [5.74, 6) is 0.442. The third kappa shape index (κ3) is 3.34. The fourth-order valence-electron chi connectivity index (χ4n) is 2.74. The van der Waals surface area contributed by atoms with E-state index in [2.05, 4.69) is 0 Å². The van der Waals surface area contributed by atoms with Crippen molar-refractivity contribution in [3.05, 3.63) is 71.8 Å². The Morgan fingerprint density at radius 3 is 2.50 bits per heavy atom. The standard InChI is InChI=1S/C20H18O3S/c1-13(20(22)24)19-17-11-16(21)9-7-15(17)8-10-18(19)23-12-14-5-3-2-4-6-14/h2-11,13,21H,12H2,1H3,(H,22,24). The minimum absolute atomic E-state index is 0.101. The summed E-state index contributed by atoms with van der Waals surface area (Å²) >= 11 is 4.97. The van der Waals surface area contributed by atoms with Crippen LogP contribution in [0, 0.1) is 0 Å². The number of benzene rings is 3. The second-order valence-corrected chi connectivity index (χ2v) is 6.14. The van der Waals surface area contributed by atoms with E-state index in [1.165, 1.54) is 0 Å². The second kappa shape index (κ2) is 6.89. The van der Waals surface area contributed by atoms with E-state index in [-0.39, 0.29) is 16.7 Å². The van der Waals surface area contributed by atoms with Gasteiger partial charge in [0.1, 0.15) is 18.1 Å². The molecule has 0 spiro atoms. The number of rotatable bonds is 5. The van der Waals surface area contributed by atoms with Gasteiger partial charge < -0.3 is 14.9 Å². The average molecular weight is 338 g/mol. The van der Waals surface area contributed by atoms with Gasteiger partial charge in [0.2, 0.25) is 0 Å². The molecule has 0 saturated carbocycles. The lowest BCUT2D eigenvalue weighted by atomic mass is 9.94. The summed E-state index contributed by atoms with van der Waals surface area (Å²) in [5.41, 5.74) is 1.84. The molecule has 0 heterocycles. The first-order valence-electron chi connectivity index (χ1n) is 7.71. The van der Waals surface area contributed by atoms with Gasteiger partial charge >= 0.3 is 0 Å². The first-order chi connectivity index (χ1) is 11.6. The molecular formula is C20H18O3S. The second-order valence-electron chi connectivity index (χ2n) is 5.72. The molecular weight excluding hydrogens is 320 g/mol. The van der Waals surface area contributed by atoms with Crippen LogP contribution in [-0.4, -0.2) is 15.3 Å². The minimum Gasteiger partial charge on any atom is -0.508 e. The Labute approximate surface area is 146 Å². The zero-order valence-corrected chi connectivity index (χ0v) is 14.1. The monoisotopic (exact) mass is 338 g/mol. The van der Waals surface area contributed by atoms with Crippen LogP contribution in [0.5, 0.6) is 11.5 Å². The molecule has 0 aliphatic heterocycles. The van der Waals surface area contributed by atoms with Gasteiger partial charge in [-0.15, -0.1) is 0 Å². The number of ether oxygens (including phenoxy) is 1. The number of aliphatic hydroxyl groups excluding tert-OH is 1. The minimum atomic E-state index is -0.378. The highest BCUT2D eigenvalue weighted by molar-refractivity contribution is 7.80. The topological polar surface area (TPSA) is 49.7 Å². The Morgan fingerprint density at radius 1 is 1.08 bits per heavy atom. The van der Waals surface area contributed by atoms with E-state index in [0.29, 0.717) is 12.4 Å². The third-order valence-electron chi connectivity index (χ3n) is 4.05. The van der Waals surface area contributed by atoms with Crippen LogP contribution < -0.4 is 4.74 Å². The molecule has 0 aromatic heterocycles. The average Bonchev–Trinajstić information content (AvgIpc) is 2.59. The summed E-state index contributed by atoms with van der Waals surface area (Å²) in [6.07, 6.45) is 0. The number of phenols is 1. The van der Waals surface area contributed by atoms with Gasteiger partial charge in [-0.25, -0.2) is 0 Å². The molecule has 3 aromatic rings. The normalized spacial score (nSPS) is 12.0. The van der Waals surface area contributed by atoms with Crippen LogP contribution in [0.15, 0.2) is 60.7 Å². The van der Waals surface area contributed by atoms with Gasteiger partial charge in [-0.1, -0.05) is 49.4 Å². The van der Waals surface area contributed by atoms with Crippen molar-refractivity contribution in [2.24, 2.45) is 0 Å². The Balaban J connectivity index is 2.05. The maximum Gasteiger partial charge on any atom is 0.164 e. The van der Waals surface area contributed by atoms with Crippen molar-refractivity contribution in [2.75, 3.05) is 0 Å². The van der Waals surface area contributed by atoms with Gasteiger partial charge in [-0.05, 0) is 46.8 Å². The van der Waals surface area contributed by atoms with Crippen molar-refractivity contribution in [1.29, 1.82) is 0 Å².